The third-order valence-electron chi connectivity index (χ3n) is 6.39. The third-order valence-corrected chi connectivity index (χ3v) is 6.39. The van der Waals surface area contributed by atoms with Gasteiger partial charge in [0.05, 0.1) is 27.4 Å². The van der Waals surface area contributed by atoms with Crippen molar-refractivity contribution in [2.24, 2.45) is 0 Å². The molecule has 0 aliphatic carbocycles. The normalized spacial score (nSPS) is 15.4. The maximum atomic E-state index is 13.7. The highest BCUT2D eigenvalue weighted by molar-refractivity contribution is 5.84. The van der Waals surface area contributed by atoms with E-state index < -0.39 is 24.1 Å². The fourth-order valence-corrected chi connectivity index (χ4v) is 4.59. The van der Waals surface area contributed by atoms with Crippen molar-refractivity contribution in [1.82, 2.24) is 10.2 Å². The van der Waals surface area contributed by atoms with E-state index in [-0.39, 0.29) is 12.2 Å². The van der Waals surface area contributed by atoms with Gasteiger partial charge < -0.3 is 24.4 Å². The van der Waals surface area contributed by atoms with Crippen LogP contribution in [0.5, 0.6) is 11.5 Å². The molecular weight excluding hydrogens is 463 g/mol. The lowest BCUT2D eigenvalue weighted by Gasteiger charge is -2.38. The van der Waals surface area contributed by atoms with Crippen LogP contribution in [0.25, 0.3) is 0 Å². The standard InChI is InChI=1S/C28H29FN2O5/c1-34-24-16-20-13-14-31(26(22(20)17-25(24)35-2)19-9-11-21(29)12-10-19)28(33)30-23(27(32)36-3)15-18-7-5-4-6-8-18/h4-12,16-17,23,26H,13-15H2,1-3H3,(H,30,33)/t23-,26?/m0/s1. The number of amides is 2. The van der Waals surface area contributed by atoms with Gasteiger partial charge in [-0.2, -0.15) is 0 Å². The minimum absolute atomic E-state index is 0.288. The zero-order valence-electron chi connectivity index (χ0n) is 20.5. The Kier molecular flexibility index (Phi) is 7.73. The van der Waals surface area contributed by atoms with Gasteiger partial charge in [-0.05, 0) is 52.9 Å². The fraction of sp³-hybridized carbons (Fsp3) is 0.286. The van der Waals surface area contributed by atoms with Crippen molar-refractivity contribution in [3.63, 3.8) is 0 Å². The van der Waals surface area contributed by atoms with Crippen LogP contribution in [-0.4, -0.2) is 50.8 Å². The first-order valence-corrected chi connectivity index (χ1v) is 11.6. The Balaban J connectivity index is 1.70. The first-order valence-electron chi connectivity index (χ1n) is 11.6. The minimum atomic E-state index is -0.870. The number of halogens is 1. The second-order valence-electron chi connectivity index (χ2n) is 8.52. The summed E-state index contributed by atoms with van der Waals surface area (Å²) in [6, 6.07) is 17.4. The van der Waals surface area contributed by atoms with E-state index in [9.17, 15) is 14.0 Å². The highest BCUT2D eigenvalue weighted by atomic mass is 19.1. The Labute approximate surface area is 209 Å². The van der Waals surface area contributed by atoms with Crippen molar-refractivity contribution >= 4 is 12.0 Å². The number of esters is 1. The summed E-state index contributed by atoms with van der Waals surface area (Å²) < 4.78 is 29.7. The summed E-state index contributed by atoms with van der Waals surface area (Å²) in [5, 5.41) is 2.86. The number of carbonyl (C=O) groups is 2. The molecule has 1 heterocycles. The number of urea groups is 1. The van der Waals surface area contributed by atoms with E-state index in [4.69, 9.17) is 14.2 Å². The second kappa shape index (κ2) is 11.1. The third kappa shape index (κ3) is 5.27. The molecule has 1 aliphatic heterocycles. The van der Waals surface area contributed by atoms with Crippen molar-refractivity contribution in [2.75, 3.05) is 27.9 Å². The van der Waals surface area contributed by atoms with Gasteiger partial charge in [-0.15, -0.1) is 0 Å². The molecule has 0 bridgehead atoms. The Hall–Kier alpha value is -4.07. The van der Waals surface area contributed by atoms with E-state index in [2.05, 4.69) is 5.32 Å². The van der Waals surface area contributed by atoms with E-state index in [0.29, 0.717) is 24.5 Å². The molecule has 36 heavy (non-hydrogen) atoms. The molecule has 188 valence electrons. The lowest BCUT2D eigenvalue weighted by Crippen LogP contribution is -2.52. The lowest BCUT2D eigenvalue weighted by molar-refractivity contribution is -0.142. The maximum absolute atomic E-state index is 13.7. The zero-order valence-corrected chi connectivity index (χ0v) is 20.5. The number of hydrogen-bond donors (Lipinski definition) is 1. The Morgan fingerprint density at radius 2 is 1.67 bits per heavy atom. The summed E-state index contributed by atoms with van der Waals surface area (Å²) in [6.07, 6.45) is 0.859. The van der Waals surface area contributed by atoms with Crippen LogP contribution < -0.4 is 14.8 Å². The molecule has 0 saturated heterocycles. The summed E-state index contributed by atoms with van der Waals surface area (Å²) in [5.74, 6) is 0.226. The molecule has 0 radical (unpaired) electrons. The van der Waals surface area contributed by atoms with E-state index in [1.807, 2.05) is 42.5 Å². The van der Waals surface area contributed by atoms with Crippen LogP contribution in [0.15, 0.2) is 66.7 Å². The molecule has 3 aromatic rings. The van der Waals surface area contributed by atoms with Gasteiger partial charge in [0.15, 0.2) is 11.5 Å². The smallest absolute Gasteiger partial charge is 0.328 e. The molecule has 1 unspecified atom stereocenters. The Morgan fingerprint density at radius 3 is 2.31 bits per heavy atom. The number of ether oxygens (including phenoxy) is 3. The Morgan fingerprint density at radius 1 is 1.00 bits per heavy atom. The van der Waals surface area contributed by atoms with E-state index >= 15 is 0 Å². The molecule has 1 aliphatic rings. The van der Waals surface area contributed by atoms with Crippen LogP contribution in [0.3, 0.4) is 0 Å². The van der Waals surface area contributed by atoms with Crippen LogP contribution in [0.1, 0.15) is 28.3 Å². The predicted octanol–water partition coefficient (Wildman–Crippen LogP) is 4.28. The van der Waals surface area contributed by atoms with Gasteiger partial charge in [0.25, 0.3) is 0 Å². The highest BCUT2D eigenvalue weighted by Gasteiger charge is 2.35. The van der Waals surface area contributed by atoms with E-state index in [1.165, 1.54) is 19.2 Å². The summed E-state index contributed by atoms with van der Waals surface area (Å²) in [6.45, 7) is 0.385. The molecule has 0 saturated carbocycles. The van der Waals surface area contributed by atoms with E-state index in [0.717, 1.165) is 22.3 Å². The van der Waals surface area contributed by atoms with Crippen LogP contribution in [0.2, 0.25) is 0 Å². The summed E-state index contributed by atoms with van der Waals surface area (Å²) in [5.41, 5.74) is 3.47. The number of carbonyl (C=O) groups excluding carboxylic acids is 2. The quantitative estimate of drug-likeness (QED) is 0.498. The van der Waals surface area contributed by atoms with Crippen molar-refractivity contribution in [1.29, 1.82) is 0 Å². The van der Waals surface area contributed by atoms with Crippen LogP contribution >= 0.6 is 0 Å². The fourth-order valence-electron chi connectivity index (χ4n) is 4.59. The van der Waals surface area contributed by atoms with Gasteiger partial charge in [0.2, 0.25) is 0 Å². The highest BCUT2D eigenvalue weighted by Crippen LogP contribution is 2.41. The summed E-state index contributed by atoms with van der Waals surface area (Å²) in [4.78, 5) is 27.8. The molecule has 3 aromatic carbocycles. The van der Waals surface area contributed by atoms with Gasteiger partial charge in [-0.25, -0.2) is 14.0 Å². The van der Waals surface area contributed by atoms with Crippen LogP contribution in [0, 0.1) is 5.82 Å². The van der Waals surface area contributed by atoms with Crippen molar-refractivity contribution < 1.29 is 28.2 Å². The zero-order chi connectivity index (χ0) is 25.7. The molecule has 7 nitrogen and oxygen atoms in total. The number of rotatable bonds is 7. The second-order valence-corrected chi connectivity index (χ2v) is 8.52. The largest absolute Gasteiger partial charge is 0.493 e. The average molecular weight is 493 g/mol. The molecule has 4 rings (SSSR count). The number of fused-ring (bicyclic) bond motifs is 1. The number of hydrogen-bond acceptors (Lipinski definition) is 5. The molecule has 0 spiro atoms. The molecule has 2 atom stereocenters. The lowest BCUT2D eigenvalue weighted by atomic mass is 9.87. The first kappa shape index (κ1) is 25.0. The molecule has 8 heteroatoms. The van der Waals surface area contributed by atoms with Crippen molar-refractivity contribution in [3.8, 4) is 11.5 Å². The summed E-state index contributed by atoms with van der Waals surface area (Å²) in [7, 11) is 4.42. The number of nitrogens with zero attached hydrogens (tertiary/aromatic N) is 1. The Bertz CT molecular complexity index is 1220. The first-order chi connectivity index (χ1) is 17.4. The molecule has 0 aromatic heterocycles. The topological polar surface area (TPSA) is 77.1 Å². The van der Waals surface area contributed by atoms with Gasteiger partial charge in [-0.3, -0.25) is 0 Å². The van der Waals surface area contributed by atoms with Gasteiger partial charge >= 0.3 is 12.0 Å². The monoisotopic (exact) mass is 492 g/mol. The van der Waals surface area contributed by atoms with Gasteiger partial charge in [-0.1, -0.05) is 42.5 Å². The van der Waals surface area contributed by atoms with Gasteiger partial charge in [0, 0.05) is 13.0 Å². The molecule has 2 amide bonds. The number of nitrogens with one attached hydrogen (secondary N) is 1. The average Bonchev–Trinajstić information content (AvgIpc) is 2.91. The molecular formula is C28H29FN2O5. The van der Waals surface area contributed by atoms with Crippen molar-refractivity contribution in [3.05, 3.63) is 94.8 Å². The molecule has 0 fully saturated rings. The number of methoxy groups -OCH3 is 3. The predicted molar refractivity (Wildman–Crippen MR) is 133 cm³/mol. The maximum Gasteiger partial charge on any atom is 0.328 e. The minimum Gasteiger partial charge on any atom is -0.493 e. The van der Waals surface area contributed by atoms with Gasteiger partial charge in [0.1, 0.15) is 11.9 Å². The van der Waals surface area contributed by atoms with Crippen LogP contribution in [0.4, 0.5) is 9.18 Å². The SMILES string of the molecule is COC(=O)[C@H](Cc1ccccc1)NC(=O)N1CCc2cc(OC)c(OC)cc2C1c1ccc(F)cc1. The molecule has 1 N–H and O–H groups in total. The summed E-state index contributed by atoms with van der Waals surface area (Å²) >= 11 is 0. The number of benzene rings is 3. The van der Waals surface area contributed by atoms with Crippen molar-refractivity contribution in [2.45, 2.75) is 24.9 Å². The van der Waals surface area contributed by atoms with Crippen LogP contribution in [-0.2, 0) is 22.4 Å². The van der Waals surface area contributed by atoms with E-state index in [1.54, 1.807) is 31.3 Å².